The second-order valence-electron chi connectivity index (χ2n) is 6.89. The number of hydrogen-bond donors (Lipinski definition) is 1. The van der Waals surface area contributed by atoms with Crippen molar-refractivity contribution in [1.29, 1.82) is 0 Å². The Morgan fingerprint density at radius 2 is 2.05 bits per heavy atom. The van der Waals surface area contributed by atoms with Crippen molar-refractivity contribution in [3.05, 3.63) is 34.9 Å². The van der Waals surface area contributed by atoms with Crippen molar-refractivity contribution in [2.75, 3.05) is 0 Å². The minimum atomic E-state index is 0.224. The molecule has 0 aromatic heterocycles. The van der Waals surface area contributed by atoms with Crippen LogP contribution in [0.1, 0.15) is 62.1 Å². The van der Waals surface area contributed by atoms with Crippen LogP contribution in [0.25, 0.3) is 0 Å². The Balaban J connectivity index is 2.04. The molecule has 0 amide bonds. The van der Waals surface area contributed by atoms with Gasteiger partial charge in [-0.25, -0.2) is 0 Å². The lowest BCUT2D eigenvalue weighted by Gasteiger charge is -2.39. The maximum Gasteiger partial charge on any atom is 0.0245 e. The molecule has 0 heterocycles. The molecule has 0 saturated heterocycles. The molecular formula is C18H23N. The van der Waals surface area contributed by atoms with Crippen LogP contribution in [0.5, 0.6) is 0 Å². The molecule has 0 aliphatic heterocycles. The summed E-state index contributed by atoms with van der Waals surface area (Å²) in [6, 6.07) is 6.86. The molecule has 0 bridgehead atoms. The summed E-state index contributed by atoms with van der Waals surface area (Å²) in [6.45, 7) is 4.65. The predicted molar refractivity (Wildman–Crippen MR) is 80.1 cm³/mol. The Bertz CT molecular complexity index is 531. The number of hydrogen-bond acceptors (Lipinski definition) is 1. The molecule has 2 aliphatic carbocycles. The maximum absolute atomic E-state index is 6.49. The smallest absolute Gasteiger partial charge is 0.0245 e. The molecule has 1 saturated carbocycles. The highest BCUT2D eigenvalue weighted by atomic mass is 14.7. The van der Waals surface area contributed by atoms with E-state index in [1.54, 1.807) is 0 Å². The molecule has 2 aliphatic rings. The van der Waals surface area contributed by atoms with Gasteiger partial charge in [-0.2, -0.15) is 0 Å². The van der Waals surface area contributed by atoms with E-state index in [2.05, 4.69) is 38.0 Å². The molecule has 0 spiro atoms. The number of terminal acetylenes is 1. The van der Waals surface area contributed by atoms with Crippen LogP contribution in [-0.2, 0) is 5.41 Å². The number of rotatable bonds is 2. The summed E-state index contributed by atoms with van der Waals surface area (Å²) < 4.78 is 0. The summed E-state index contributed by atoms with van der Waals surface area (Å²) in [5.41, 5.74) is 10.6. The first-order valence-corrected chi connectivity index (χ1v) is 7.39. The van der Waals surface area contributed by atoms with Crippen molar-refractivity contribution in [2.24, 2.45) is 11.7 Å². The molecule has 2 N–H and O–H groups in total. The van der Waals surface area contributed by atoms with Crippen molar-refractivity contribution in [3.63, 3.8) is 0 Å². The number of nitrogens with two attached hydrogens (primary N) is 1. The minimum Gasteiger partial charge on any atom is -0.327 e. The number of fused-ring (bicyclic) bond motifs is 1. The fraction of sp³-hybridized carbons (Fsp3) is 0.556. The van der Waals surface area contributed by atoms with E-state index in [0.717, 1.165) is 11.5 Å². The van der Waals surface area contributed by atoms with Crippen LogP contribution in [0.2, 0.25) is 0 Å². The van der Waals surface area contributed by atoms with Crippen LogP contribution < -0.4 is 5.73 Å². The zero-order chi connectivity index (χ0) is 13.6. The zero-order valence-corrected chi connectivity index (χ0v) is 11.9. The van der Waals surface area contributed by atoms with Crippen LogP contribution in [-0.4, -0.2) is 6.04 Å². The SMILES string of the molecule is C#Cc1ccc2c(c1)C(C)(C)CCC2C(N)C1CC1. The van der Waals surface area contributed by atoms with Crippen LogP contribution in [0.4, 0.5) is 0 Å². The zero-order valence-electron chi connectivity index (χ0n) is 11.9. The van der Waals surface area contributed by atoms with Gasteiger partial charge >= 0.3 is 0 Å². The Hall–Kier alpha value is -1.26. The molecule has 3 rings (SSSR count). The van der Waals surface area contributed by atoms with Crippen molar-refractivity contribution >= 4 is 0 Å². The third kappa shape index (κ3) is 2.19. The van der Waals surface area contributed by atoms with Crippen LogP contribution in [0.15, 0.2) is 18.2 Å². The highest BCUT2D eigenvalue weighted by Crippen LogP contribution is 2.47. The van der Waals surface area contributed by atoms with Crippen LogP contribution in [0, 0.1) is 18.3 Å². The largest absolute Gasteiger partial charge is 0.327 e. The van der Waals surface area contributed by atoms with Gasteiger partial charge in [0.05, 0.1) is 0 Å². The molecule has 1 fully saturated rings. The van der Waals surface area contributed by atoms with E-state index in [-0.39, 0.29) is 5.41 Å². The third-order valence-electron chi connectivity index (χ3n) is 5.06. The van der Waals surface area contributed by atoms with Crippen molar-refractivity contribution in [2.45, 2.75) is 56.9 Å². The minimum absolute atomic E-state index is 0.224. The maximum atomic E-state index is 6.49. The Morgan fingerprint density at radius 1 is 1.32 bits per heavy atom. The summed E-state index contributed by atoms with van der Waals surface area (Å²) in [4.78, 5) is 0. The van der Waals surface area contributed by atoms with Crippen molar-refractivity contribution in [1.82, 2.24) is 0 Å². The molecule has 100 valence electrons. The summed E-state index contributed by atoms with van der Waals surface area (Å²) in [5.74, 6) is 4.05. The lowest BCUT2D eigenvalue weighted by molar-refractivity contribution is 0.348. The summed E-state index contributed by atoms with van der Waals surface area (Å²) >= 11 is 0. The molecule has 19 heavy (non-hydrogen) atoms. The summed E-state index contributed by atoms with van der Waals surface area (Å²) in [6.07, 6.45) is 10.6. The van der Waals surface area contributed by atoms with Gasteiger partial charge in [0.2, 0.25) is 0 Å². The van der Waals surface area contributed by atoms with Gasteiger partial charge in [0.1, 0.15) is 0 Å². The fourth-order valence-corrected chi connectivity index (χ4v) is 3.57. The first-order valence-electron chi connectivity index (χ1n) is 7.39. The Kier molecular flexibility index (Phi) is 2.95. The lowest BCUT2D eigenvalue weighted by atomic mass is 9.66. The monoisotopic (exact) mass is 253 g/mol. The number of benzene rings is 1. The predicted octanol–water partition coefficient (Wildman–Crippen LogP) is 3.56. The normalized spacial score (nSPS) is 26.3. The van der Waals surface area contributed by atoms with E-state index in [4.69, 9.17) is 12.2 Å². The molecular weight excluding hydrogens is 230 g/mol. The van der Waals surface area contributed by atoms with Gasteiger partial charge in [-0.05, 0) is 66.2 Å². The summed E-state index contributed by atoms with van der Waals surface area (Å²) in [5, 5.41) is 0. The molecule has 2 atom stereocenters. The van der Waals surface area contributed by atoms with E-state index in [1.165, 1.54) is 36.8 Å². The van der Waals surface area contributed by atoms with E-state index in [0.29, 0.717) is 12.0 Å². The molecule has 0 radical (unpaired) electrons. The van der Waals surface area contributed by atoms with Gasteiger partial charge in [0.25, 0.3) is 0 Å². The van der Waals surface area contributed by atoms with Gasteiger partial charge in [-0.1, -0.05) is 25.8 Å². The Labute approximate surface area is 116 Å². The molecule has 1 aromatic carbocycles. The topological polar surface area (TPSA) is 26.0 Å². The van der Waals surface area contributed by atoms with Crippen LogP contribution >= 0.6 is 0 Å². The van der Waals surface area contributed by atoms with Gasteiger partial charge in [0, 0.05) is 11.6 Å². The first kappa shape index (κ1) is 12.8. The van der Waals surface area contributed by atoms with E-state index >= 15 is 0 Å². The highest BCUT2D eigenvalue weighted by molar-refractivity contribution is 5.46. The van der Waals surface area contributed by atoms with Crippen molar-refractivity contribution in [3.8, 4) is 12.3 Å². The van der Waals surface area contributed by atoms with Crippen molar-refractivity contribution < 1.29 is 0 Å². The average molecular weight is 253 g/mol. The van der Waals surface area contributed by atoms with E-state index < -0.39 is 0 Å². The van der Waals surface area contributed by atoms with Gasteiger partial charge in [-0.3, -0.25) is 0 Å². The highest BCUT2D eigenvalue weighted by Gasteiger charge is 2.40. The average Bonchev–Trinajstić information content (AvgIpc) is 3.22. The third-order valence-corrected chi connectivity index (χ3v) is 5.06. The van der Waals surface area contributed by atoms with Gasteiger partial charge < -0.3 is 5.73 Å². The van der Waals surface area contributed by atoms with E-state index in [1.807, 2.05) is 0 Å². The quantitative estimate of drug-likeness (QED) is 0.801. The van der Waals surface area contributed by atoms with E-state index in [9.17, 15) is 0 Å². The van der Waals surface area contributed by atoms with Gasteiger partial charge in [-0.15, -0.1) is 6.42 Å². The second-order valence-corrected chi connectivity index (χ2v) is 6.89. The standard InChI is InChI=1S/C18H23N/c1-4-12-5-8-14-15(17(19)13-6-7-13)9-10-18(2,3)16(14)11-12/h1,5,8,11,13,15,17H,6-7,9-10,19H2,2-3H3. The second kappa shape index (κ2) is 4.39. The first-order chi connectivity index (χ1) is 9.03. The molecule has 1 nitrogen and oxygen atoms in total. The summed E-state index contributed by atoms with van der Waals surface area (Å²) in [7, 11) is 0. The lowest BCUT2D eigenvalue weighted by Crippen LogP contribution is -2.37. The molecule has 2 unspecified atom stereocenters. The fourth-order valence-electron chi connectivity index (χ4n) is 3.57. The van der Waals surface area contributed by atoms with Gasteiger partial charge in [0.15, 0.2) is 0 Å². The van der Waals surface area contributed by atoms with Crippen LogP contribution in [0.3, 0.4) is 0 Å². The molecule has 1 aromatic rings. The Morgan fingerprint density at radius 3 is 2.68 bits per heavy atom. The molecule has 1 heteroatoms.